The van der Waals surface area contributed by atoms with Gasteiger partial charge in [-0.15, -0.1) is 0 Å². The number of imidazole rings is 2. The van der Waals surface area contributed by atoms with Crippen LogP contribution in [-0.2, 0) is 28.5 Å². The van der Waals surface area contributed by atoms with Crippen molar-refractivity contribution in [2.24, 2.45) is 11.8 Å². The quantitative estimate of drug-likeness (QED) is 0.124. The molecule has 6 heterocycles. The van der Waals surface area contributed by atoms with Crippen molar-refractivity contribution < 1.29 is 38.1 Å². The van der Waals surface area contributed by atoms with E-state index in [0.717, 1.165) is 44.4 Å². The van der Waals surface area contributed by atoms with Crippen molar-refractivity contribution >= 4 is 34.8 Å². The lowest BCUT2D eigenvalue weighted by molar-refractivity contribution is -0.151. The van der Waals surface area contributed by atoms with Gasteiger partial charge in [0.05, 0.1) is 38.0 Å². The molecule has 0 bridgehead atoms. The fourth-order valence-corrected chi connectivity index (χ4v) is 9.96. The Kier molecular flexibility index (Phi) is 13.3. The van der Waals surface area contributed by atoms with Gasteiger partial charge in [-0.3, -0.25) is 19.6 Å². The van der Waals surface area contributed by atoms with Crippen LogP contribution in [0.2, 0.25) is 0 Å². The number of fused-ring (bicyclic) bond motifs is 1. The van der Waals surface area contributed by atoms with Gasteiger partial charge in [0.15, 0.2) is 0 Å². The second-order valence-electron chi connectivity index (χ2n) is 17.6. The molecule has 0 radical (unpaired) electrons. The molecule has 2 unspecified atom stereocenters. The number of rotatable bonds is 11. The smallest absolute Gasteiger partial charge is 0.407 e. The Hall–Kier alpha value is -6.34. The van der Waals surface area contributed by atoms with E-state index in [0.29, 0.717) is 89.7 Å². The van der Waals surface area contributed by atoms with E-state index in [2.05, 4.69) is 81.3 Å². The maximum absolute atomic E-state index is 14.2. The zero-order valence-electron chi connectivity index (χ0n) is 37.8. The van der Waals surface area contributed by atoms with Gasteiger partial charge in [0.2, 0.25) is 0 Å². The van der Waals surface area contributed by atoms with Crippen LogP contribution in [0.4, 0.5) is 9.59 Å². The summed E-state index contributed by atoms with van der Waals surface area (Å²) in [5.41, 5.74) is 5.77. The molecule has 2 aromatic heterocycles. The lowest BCUT2D eigenvalue weighted by Gasteiger charge is -2.36. The predicted molar refractivity (Wildman–Crippen MR) is 244 cm³/mol. The van der Waals surface area contributed by atoms with Gasteiger partial charge in [-0.2, -0.15) is 0 Å². The third-order valence-corrected chi connectivity index (χ3v) is 13.7. The highest BCUT2D eigenvalue weighted by Crippen LogP contribution is 2.37. The van der Waals surface area contributed by atoms with E-state index in [1.807, 2.05) is 30.3 Å². The van der Waals surface area contributed by atoms with Crippen molar-refractivity contribution in [3.05, 3.63) is 84.7 Å². The van der Waals surface area contributed by atoms with E-state index < -0.39 is 24.3 Å². The number of benzene rings is 3. The largest absolute Gasteiger partial charge is 0.453 e. The van der Waals surface area contributed by atoms with Crippen molar-refractivity contribution in [2.75, 3.05) is 67.8 Å². The van der Waals surface area contributed by atoms with E-state index in [1.54, 1.807) is 16.2 Å². The second-order valence-corrected chi connectivity index (χ2v) is 17.6. The zero-order valence-corrected chi connectivity index (χ0v) is 37.8. The van der Waals surface area contributed by atoms with E-state index >= 15 is 0 Å². The Bertz CT molecular complexity index is 2530. The highest BCUT2D eigenvalue weighted by molar-refractivity contribution is 5.91. The van der Waals surface area contributed by atoms with E-state index in [-0.39, 0.29) is 35.7 Å². The molecule has 0 aliphatic carbocycles. The molecule has 348 valence electrons. The normalized spacial score (nSPS) is 20.9. The number of nitrogens with zero attached hydrogens (tertiary/aromatic N) is 6. The molecule has 18 nitrogen and oxygen atoms in total. The Balaban J connectivity index is 0.876. The third kappa shape index (κ3) is 9.22. The van der Waals surface area contributed by atoms with Crippen LogP contribution in [0.25, 0.3) is 44.4 Å². The number of H-pyrrole nitrogens is 2. The number of alkyl carbamates (subject to hydrolysis) is 2. The van der Waals surface area contributed by atoms with Gasteiger partial charge in [-0.25, -0.2) is 29.6 Å². The number of hydrogen-bond donors (Lipinski definition) is 4. The number of amides is 4. The SMILES string of the molecule is COC(=O)NC(C(=O)N1[C@H](c2ncc(-c3ccc(-c4ccc5cc(-c6cnc([C@@H]7CCN(C)N7C(=O)C(NC(=O)OC)C7CCOCC7)[nH]6)ccc5c4)cc3)[nH]2)CCN1C)C1CCOCC1. The zero-order chi connectivity index (χ0) is 45.9. The topological polar surface area (TPSA) is 200 Å². The van der Waals surface area contributed by atoms with Crippen LogP contribution in [0.5, 0.6) is 0 Å². The maximum atomic E-state index is 14.2. The molecule has 4 aliphatic heterocycles. The molecule has 4 aliphatic rings. The van der Waals surface area contributed by atoms with Gasteiger partial charge < -0.3 is 39.5 Å². The van der Waals surface area contributed by atoms with Crippen molar-refractivity contribution in [2.45, 2.75) is 62.7 Å². The lowest BCUT2D eigenvalue weighted by Crippen LogP contribution is -2.55. The summed E-state index contributed by atoms with van der Waals surface area (Å²) in [4.78, 5) is 69.6. The van der Waals surface area contributed by atoms with Crippen molar-refractivity contribution in [1.29, 1.82) is 0 Å². The van der Waals surface area contributed by atoms with Crippen LogP contribution in [0.15, 0.2) is 73.1 Å². The van der Waals surface area contributed by atoms with E-state index in [1.165, 1.54) is 14.2 Å². The fraction of sp³-hybridized carbons (Fsp3) is 0.458. The maximum Gasteiger partial charge on any atom is 0.407 e. The Labute approximate surface area is 383 Å². The van der Waals surface area contributed by atoms with Crippen molar-refractivity contribution in [3.63, 3.8) is 0 Å². The third-order valence-electron chi connectivity index (χ3n) is 13.7. The molecule has 18 heteroatoms. The Morgan fingerprint density at radius 3 is 1.47 bits per heavy atom. The summed E-state index contributed by atoms with van der Waals surface area (Å²) in [5, 5.41) is 15.0. The number of aromatic nitrogens is 4. The molecule has 4 fully saturated rings. The minimum atomic E-state index is -0.746. The number of carbonyl (C=O) groups is 4. The minimum Gasteiger partial charge on any atom is -0.453 e. The van der Waals surface area contributed by atoms with Crippen LogP contribution in [0.3, 0.4) is 0 Å². The highest BCUT2D eigenvalue weighted by atomic mass is 16.5. The molecule has 4 amide bonds. The Morgan fingerprint density at radius 2 is 1.00 bits per heavy atom. The summed E-state index contributed by atoms with van der Waals surface area (Å²) >= 11 is 0. The molecule has 4 saturated heterocycles. The second kappa shape index (κ2) is 19.6. The minimum absolute atomic E-state index is 0.0685. The van der Waals surface area contributed by atoms with Crippen LogP contribution < -0.4 is 10.6 Å². The predicted octanol–water partition coefficient (Wildman–Crippen LogP) is 5.83. The molecule has 5 aromatic rings. The van der Waals surface area contributed by atoms with Crippen LogP contribution in [0.1, 0.15) is 62.3 Å². The first-order valence-corrected chi connectivity index (χ1v) is 22.8. The van der Waals surface area contributed by atoms with Crippen LogP contribution in [0, 0.1) is 11.8 Å². The van der Waals surface area contributed by atoms with Gasteiger partial charge in [-0.05, 0) is 90.0 Å². The van der Waals surface area contributed by atoms with Crippen LogP contribution >= 0.6 is 0 Å². The summed E-state index contributed by atoms with van der Waals surface area (Å²) in [5.74, 6) is 0.847. The lowest BCUT2D eigenvalue weighted by atomic mass is 9.90. The first-order valence-electron chi connectivity index (χ1n) is 22.8. The average molecular weight is 903 g/mol. The molecular formula is C48H58N10O8. The molecule has 9 rings (SSSR count). The van der Waals surface area contributed by atoms with Gasteiger partial charge in [0, 0.05) is 59.2 Å². The summed E-state index contributed by atoms with van der Waals surface area (Å²) in [6.07, 6.45) is 6.40. The number of methoxy groups -OCH3 is 2. The first kappa shape index (κ1) is 44.8. The summed E-state index contributed by atoms with van der Waals surface area (Å²) in [6.45, 7) is 3.48. The molecule has 66 heavy (non-hydrogen) atoms. The number of hydrazine groups is 2. The molecule has 0 saturated carbocycles. The molecule has 4 N–H and O–H groups in total. The fourth-order valence-electron chi connectivity index (χ4n) is 9.96. The Morgan fingerprint density at radius 1 is 0.591 bits per heavy atom. The number of nitrogens with one attached hydrogen (secondary N) is 4. The number of aromatic amines is 2. The average Bonchev–Trinajstić information content (AvgIpc) is 4.19. The van der Waals surface area contributed by atoms with Crippen LogP contribution in [-0.4, -0.2) is 144 Å². The first-order chi connectivity index (χ1) is 32.1. The molecule has 0 spiro atoms. The standard InChI is InChI=1S/C48H58N10O8/c1-55-19-13-39(57(55)45(59)41(53-47(61)63-3)31-15-21-65-22-16-31)43-49-27-37(51-43)30-7-5-29(6-8-30)33-9-10-35-26-36(12-11-34(35)25-33)38-28-50-44(52-38)40-14-20-56(2)58(40)46(60)42(54-48(62)64-4)32-17-23-66-24-18-32/h5-12,25-28,31-32,39-42H,13-24H2,1-4H3,(H,49,51)(H,50,52)(H,53,61)(H,54,62)/t39-,40-,41?,42?/m0/s1. The van der Waals surface area contributed by atoms with Gasteiger partial charge in [0.25, 0.3) is 11.8 Å². The number of carbonyl (C=O) groups excluding carboxylic acids is 4. The summed E-state index contributed by atoms with van der Waals surface area (Å²) < 4.78 is 20.9. The number of hydrogen-bond acceptors (Lipinski definition) is 12. The molecular weight excluding hydrogens is 845 g/mol. The van der Waals surface area contributed by atoms with Gasteiger partial charge >= 0.3 is 12.2 Å². The molecule has 3 aromatic carbocycles. The van der Waals surface area contributed by atoms with Crippen molar-refractivity contribution in [3.8, 4) is 33.6 Å². The van der Waals surface area contributed by atoms with Gasteiger partial charge in [-0.1, -0.05) is 48.5 Å². The molecule has 4 atom stereocenters. The van der Waals surface area contributed by atoms with Gasteiger partial charge in [0.1, 0.15) is 35.8 Å². The summed E-state index contributed by atoms with van der Waals surface area (Å²) in [7, 11) is 6.37. The highest BCUT2D eigenvalue weighted by Gasteiger charge is 2.44. The monoisotopic (exact) mass is 902 g/mol. The van der Waals surface area contributed by atoms with E-state index in [4.69, 9.17) is 28.9 Å². The summed E-state index contributed by atoms with van der Waals surface area (Å²) in [6, 6.07) is 18.9. The van der Waals surface area contributed by atoms with Crippen molar-refractivity contribution in [1.82, 2.24) is 50.6 Å². The van der Waals surface area contributed by atoms with E-state index in [9.17, 15) is 19.2 Å². The number of ether oxygens (including phenoxy) is 4.